The van der Waals surface area contributed by atoms with Crippen molar-refractivity contribution in [2.24, 2.45) is 0 Å². The van der Waals surface area contributed by atoms with E-state index in [1.807, 2.05) is 48.5 Å². The summed E-state index contributed by atoms with van der Waals surface area (Å²) < 4.78 is 0. The molecule has 0 spiro atoms. The van der Waals surface area contributed by atoms with E-state index in [0.29, 0.717) is 19.4 Å². The molecule has 2 saturated heterocycles. The quantitative estimate of drug-likeness (QED) is 0.728. The number of likely N-dealkylation sites (tertiary alicyclic amines) is 1. The lowest BCUT2D eigenvalue weighted by atomic mass is 10.1. The second-order valence-corrected chi connectivity index (χ2v) is 7.78. The molecule has 4 rings (SSSR count). The number of amides is 2. The molecule has 2 aliphatic heterocycles. The van der Waals surface area contributed by atoms with Crippen LogP contribution < -0.4 is 4.90 Å². The van der Waals surface area contributed by atoms with E-state index in [9.17, 15) is 9.59 Å². The molecule has 0 radical (unpaired) electrons. The predicted molar refractivity (Wildman–Crippen MR) is 111 cm³/mol. The molecule has 28 heavy (non-hydrogen) atoms. The molecule has 2 fully saturated rings. The summed E-state index contributed by atoms with van der Waals surface area (Å²) in [6.45, 7) is 3.64. The van der Waals surface area contributed by atoms with Crippen molar-refractivity contribution in [1.29, 1.82) is 0 Å². The van der Waals surface area contributed by atoms with Crippen LogP contribution in [0.5, 0.6) is 0 Å². The normalized spacial score (nSPS) is 20.8. The molecule has 1 atom stereocenters. The summed E-state index contributed by atoms with van der Waals surface area (Å²) in [6, 6.07) is 17.5. The van der Waals surface area contributed by atoms with E-state index in [2.05, 4.69) is 15.9 Å². The van der Waals surface area contributed by atoms with E-state index in [1.54, 1.807) is 0 Å². The minimum atomic E-state index is -0.315. The molecule has 0 saturated carbocycles. The fourth-order valence-corrected chi connectivity index (χ4v) is 4.22. The van der Waals surface area contributed by atoms with E-state index in [4.69, 9.17) is 11.6 Å². The highest BCUT2D eigenvalue weighted by Gasteiger charge is 2.42. The van der Waals surface area contributed by atoms with Crippen LogP contribution in [0.3, 0.4) is 0 Å². The van der Waals surface area contributed by atoms with Crippen LogP contribution in [-0.2, 0) is 16.0 Å². The summed E-state index contributed by atoms with van der Waals surface area (Å²) in [7, 11) is 0. The Kier molecular flexibility index (Phi) is 5.64. The fourth-order valence-electron chi connectivity index (χ4n) is 4.04. The molecule has 0 bridgehead atoms. The van der Waals surface area contributed by atoms with Crippen molar-refractivity contribution in [1.82, 2.24) is 9.80 Å². The van der Waals surface area contributed by atoms with Crippen molar-refractivity contribution in [3.8, 4) is 0 Å². The summed E-state index contributed by atoms with van der Waals surface area (Å²) >= 11 is 6.10. The number of hydrogen-bond acceptors (Lipinski definition) is 4. The van der Waals surface area contributed by atoms with Crippen molar-refractivity contribution in [3.05, 3.63) is 65.2 Å². The zero-order valence-electron chi connectivity index (χ0n) is 15.8. The van der Waals surface area contributed by atoms with Crippen molar-refractivity contribution in [2.75, 3.05) is 37.6 Å². The number of carbonyl (C=O) groups excluding carboxylic acids is 2. The molecule has 0 aromatic heterocycles. The molecule has 0 N–H and O–H groups in total. The van der Waals surface area contributed by atoms with Gasteiger partial charge < -0.3 is 4.90 Å². The van der Waals surface area contributed by atoms with Gasteiger partial charge in [-0.2, -0.15) is 0 Å². The van der Waals surface area contributed by atoms with Crippen molar-refractivity contribution < 1.29 is 9.59 Å². The van der Waals surface area contributed by atoms with Gasteiger partial charge >= 0.3 is 0 Å². The average Bonchev–Trinajstić information content (AvgIpc) is 3.01. The number of benzene rings is 2. The molecule has 2 heterocycles. The molecule has 146 valence electrons. The van der Waals surface area contributed by atoms with Gasteiger partial charge in [0.25, 0.3) is 0 Å². The molecule has 2 aliphatic rings. The number of rotatable bonds is 5. The third-order valence-corrected chi connectivity index (χ3v) is 5.85. The second-order valence-electron chi connectivity index (χ2n) is 7.34. The lowest BCUT2D eigenvalue weighted by Gasteiger charge is -2.38. The molecule has 2 amide bonds. The molecule has 5 nitrogen and oxygen atoms in total. The van der Waals surface area contributed by atoms with Crippen LogP contribution >= 0.6 is 11.6 Å². The number of hydrogen-bond donors (Lipinski definition) is 0. The fraction of sp³-hybridized carbons (Fsp3) is 0.364. The maximum atomic E-state index is 12.9. The van der Waals surface area contributed by atoms with E-state index < -0.39 is 0 Å². The van der Waals surface area contributed by atoms with Crippen LogP contribution in [0, 0.1) is 0 Å². The van der Waals surface area contributed by atoms with Gasteiger partial charge in [0.2, 0.25) is 11.8 Å². The topological polar surface area (TPSA) is 43.9 Å². The first kappa shape index (κ1) is 19.0. The summed E-state index contributed by atoms with van der Waals surface area (Å²) in [5.41, 5.74) is 2.24. The first-order valence-electron chi connectivity index (χ1n) is 9.74. The maximum absolute atomic E-state index is 12.9. The molecular weight excluding hydrogens is 374 g/mol. The highest BCUT2D eigenvalue weighted by molar-refractivity contribution is 6.30. The van der Waals surface area contributed by atoms with Gasteiger partial charge in [0.1, 0.15) is 0 Å². The number of imide groups is 1. The number of piperazine rings is 1. The zero-order valence-corrected chi connectivity index (χ0v) is 16.5. The maximum Gasteiger partial charge on any atom is 0.247 e. The molecule has 2 aromatic carbocycles. The van der Waals surface area contributed by atoms with Crippen molar-refractivity contribution in [2.45, 2.75) is 18.9 Å². The van der Waals surface area contributed by atoms with Crippen LogP contribution in [0.4, 0.5) is 5.69 Å². The van der Waals surface area contributed by atoms with E-state index in [-0.39, 0.29) is 17.9 Å². The van der Waals surface area contributed by atoms with Gasteiger partial charge in [-0.1, -0.05) is 48.0 Å². The van der Waals surface area contributed by atoms with Crippen LogP contribution in [0.1, 0.15) is 12.0 Å². The minimum absolute atomic E-state index is 0.0443. The van der Waals surface area contributed by atoms with E-state index in [1.165, 1.54) is 4.90 Å². The molecule has 2 aromatic rings. The van der Waals surface area contributed by atoms with Gasteiger partial charge in [-0.15, -0.1) is 0 Å². The highest BCUT2D eigenvalue weighted by atomic mass is 35.5. The van der Waals surface area contributed by atoms with Crippen molar-refractivity contribution in [3.63, 3.8) is 0 Å². The summed E-state index contributed by atoms with van der Waals surface area (Å²) in [4.78, 5) is 31.2. The third kappa shape index (κ3) is 4.05. The zero-order chi connectivity index (χ0) is 19.5. The number of halogens is 1. The Morgan fingerprint density at radius 2 is 1.68 bits per heavy atom. The van der Waals surface area contributed by atoms with Crippen molar-refractivity contribution >= 4 is 29.1 Å². The molecule has 6 heteroatoms. The Hall–Kier alpha value is -2.37. The van der Waals surface area contributed by atoms with Gasteiger partial charge in [-0.25, -0.2) is 0 Å². The summed E-state index contributed by atoms with van der Waals surface area (Å²) in [5, 5.41) is 0.727. The van der Waals surface area contributed by atoms with Gasteiger partial charge in [-0.05, 0) is 30.2 Å². The van der Waals surface area contributed by atoms with Crippen LogP contribution in [0.15, 0.2) is 54.6 Å². The van der Waals surface area contributed by atoms with E-state index in [0.717, 1.165) is 42.5 Å². The van der Waals surface area contributed by atoms with Gasteiger partial charge in [0.15, 0.2) is 0 Å². The van der Waals surface area contributed by atoms with Crippen LogP contribution in [0.25, 0.3) is 0 Å². The van der Waals surface area contributed by atoms with Crippen LogP contribution in [-0.4, -0.2) is 60.4 Å². The van der Waals surface area contributed by atoms with E-state index >= 15 is 0 Å². The molecule has 0 unspecified atom stereocenters. The van der Waals surface area contributed by atoms with Crippen LogP contribution in [0.2, 0.25) is 5.02 Å². The van der Waals surface area contributed by atoms with Gasteiger partial charge in [0, 0.05) is 43.4 Å². The Labute approximate surface area is 170 Å². The largest absolute Gasteiger partial charge is 0.369 e. The predicted octanol–water partition coefficient (Wildman–Crippen LogP) is 2.83. The monoisotopic (exact) mass is 397 g/mol. The lowest BCUT2D eigenvalue weighted by Crippen LogP contribution is -2.52. The highest BCUT2D eigenvalue weighted by Crippen LogP contribution is 2.24. The number of carbonyl (C=O) groups is 2. The first-order valence-corrected chi connectivity index (χ1v) is 10.1. The number of anilines is 1. The molecule has 0 aliphatic carbocycles. The van der Waals surface area contributed by atoms with Gasteiger partial charge in [-0.3, -0.25) is 19.4 Å². The Morgan fingerprint density at radius 3 is 2.39 bits per heavy atom. The number of nitrogens with zero attached hydrogens (tertiary/aromatic N) is 3. The minimum Gasteiger partial charge on any atom is -0.369 e. The first-order chi connectivity index (χ1) is 13.6. The second kappa shape index (κ2) is 8.33. The molecular formula is C22H24ClN3O2. The third-order valence-electron chi connectivity index (χ3n) is 5.62. The Bertz CT molecular complexity index is 850. The smallest absolute Gasteiger partial charge is 0.247 e. The summed E-state index contributed by atoms with van der Waals surface area (Å²) in [6.07, 6.45) is 0.998. The SMILES string of the molecule is O=C1C[C@H](N2CCN(c3cccc(Cl)c3)CC2)C(=O)N1CCc1ccccc1. The standard InChI is InChI=1S/C22H24ClN3O2/c23-18-7-4-8-19(15-18)24-11-13-25(14-12-24)20-16-21(27)26(22(20)28)10-9-17-5-2-1-3-6-17/h1-8,15,20H,9-14,16H2/t20-/m0/s1. The summed E-state index contributed by atoms with van der Waals surface area (Å²) in [5.74, 6) is -0.0969. The lowest BCUT2D eigenvalue weighted by molar-refractivity contribution is -0.139. The average molecular weight is 398 g/mol. The Balaban J connectivity index is 1.34. The van der Waals surface area contributed by atoms with Gasteiger partial charge in [0.05, 0.1) is 12.5 Å². The Morgan fingerprint density at radius 1 is 0.929 bits per heavy atom.